The lowest BCUT2D eigenvalue weighted by Gasteiger charge is -2.14. The zero-order chi connectivity index (χ0) is 13.1. The lowest BCUT2D eigenvalue weighted by molar-refractivity contribution is -0.153. The Morgan fingerprint density at radius 2 is 1.82 bits per heavy atom. The molecule has 0 saturated carbocycles. The average molecular weight is 250 g/mol. The van der Waals surface area contributed by atoms with Crippen LogP contribution in [0.5, 0.6) is 0 Å². The summed E-state index contributed by atoms with van der Waals surface area (Å²) in [6.07, 6.45) is -5.49. The Kier molecular flexibility index (Phi) is 4.06. The van der Waals surface area contributed by atoms with Crippen LogP contribution >= 0.6 is 0 Å². The molecule has 3 nitrogen and oxygen atoms in total. The number of benzene rings is 1. The number of carbonyl (C=O) groups excluding carboxylic acids is 1. The summed E-state index contributed by atoms with van der Waals surface area (Å²) < 4.78 is 48.6. The van der Waals surface area contributed by atoms with E-state index in [4.69, 9.17) is 5.73 Å². The first-order valence-electron chi connectivity index (χ1n) is 4.67. The normalized spacial score (nSPS) is 13.2. The van der Waals surface area contributed by atoms with E-state index in [9.17, 15) is 22.4 Å². The van der Waals surface area contributed by atoms with Gasteiger partial charge in [-0.3, -0.25) is 4.79 Å². The molecule has 0 bridgehead atoms. The van der Waals surface area contributed by atoms with Crippen molar-refractivity contribution in [1.29, 1.82) is 0 Å². The van der Waals surface area contributed by atoms with Gasteiger partial charge in [-0.25, -0.2) is 4.39 Å². The summed E-state index contributed by atoms with van der Waals surface area (Å²) in [6, 6.07) is 2.44. The van der Waals surface area contributed by atoms with Crippen LogP contribution in [0.4, 0.5) is 23.2 Å². The summed E-state index contributed by atoms with van der Waals surface area (Å²) >= 11 is 0. The van der Waals surface area contributed by atoms with E-state index in [2.05, 4.69) is 5.32 Å². The van der Waals surface area contributed by atoms with Gasteiger partial charge in [0.15, 0.2) is 0 Å². The Hall–Kier alpha value is -1.63. The van der Waals surface area contributed by atoms with Gasteiger partial charge in [0.05, 0.1) is 6.42 Å². The smallest absolute Gasteiger partial charge is 0.326 e. The van der Waals surface area contributed by atoms with E-state index in [1.807, 2.05) is 0 Å². The zero-order valence-electron chi connectivity index (χ0n) is 8.59. The van der Waals surface area contributed by atoms with E-state index >= 15 is 0 Å². The highest BCUT2D eigenvalue weighted by molar-refractivity contribution is 5.91. The van der Waals surface area contributed by atoms with Crippen molar-refractivity contribution in [3.63, 3.8) is 0 Å². The second-order valence-corrected chi connectivity index (χ2v) is 3.41. The minimum atomic E-state index is -4.61. The van der Waals surface area contributed by atoms with E-state index in [-0.39, 0.29) is 5.69 Å². The van der Waals surface area contributed by atoms with Crippen molar-refractivity contribution in [2.75, 3.05) is 5.32 Å². The van der Waals surface area contributed by atoms with E-state index in [1.54, 1.807) is 0 Å². The quantitative estimate of drug-likeness (QED) is 0.806. The van der Waals surface area contributed by atoms with Gasteiger partial charge in [-0.15, -0.1) is 0 Å². The lowest BCUT2D eigenvalue weighted by Crippen LogP contribution is -2.40. The van der Waals surface area contributed by atoms with Gasteiger partial charge in [0.25, 0.3) is 0 Å². The van der Waals surface area contributed by atoms with Crippen LogP contribution in [0.1, 0.15) is 6.42 Å². The van der Waals surface area contributed by atoms with E-state index in [0.29, 0.717) is 0 Å². The third-order valence-corrected chi connectivity index (χ3v) is 1.95. The Balaban J connectivity index is 2.53. The molecule has 1 aromatic carbocycles. The minimum Gasteiger partial charge on any atom is -0.326 e. The molecule has 1 unspecified atom stereocenters. The average Bonchev–Trinajstić information content (AvgIpc) is 2.20. The molecule has 0 aliphatic heterocycles. The molecule has 1 aromatic rings. The first-order valence-corrected chi connectivity index (χ1v) is 4.67. The van der Waals surface area contributed by atoms with Gasteiger partial charge in [-0.2, -0.15) is 13.2 Å². The number of halogens is 4. The fourth-order valence-electron chi connectivity index (χ4n) is 1.06. The molecule has 0 fully saturated rings. The molecule has 0 aromatic heterocycles. The first kappa shape index (κ1) is 13.4. The summed E-state index contributed by atoms with van der Waals surface area (Å²) in [5.41, 5.74) is 5.00. The van der Waals surface area contributed by atoms with Gasteiger partial charge in [-0.1, -0.05) is 0 Å². The largest absolute Gasteiger partial charge is 0.404 e. The molecule has 0 radical (unpaired) electrons. The van der Waals surface area contributed by atoms with Crippen molar-refractivity contribution < 1.29 is 22.4 Å². The molecule has 0 heterocycles. The highest BCUT2D eigenvalue weighted by Gasteiger charge is 2.37. The molecule has 94 valence electrons. The van der Waals surface area contributed by atoms with E-state index in [1.165, 1.54) is 12.1 Å². The summed E-state index contributed by atoms with van der Waals surface area (Å²) in [5, 5.41) is 2.19. The third kappa shape index (κ3) is 4.39. The van der Waals surface area contributed by atoms with Gasteiger partial charge < -0.3 is 11.1 Å². The number of hydrogen-bond donors (Lipinski definition) is 2. The highest BCUT2D eigenvalue weighted by Crippen LogP contribution is 2.21. The predicted molar refractivity (Wildman–Crippen MR) is 53.7 cm³/mol. The van der Waals surface area contributed by atoms with Gasteiger partial charge in [0.2, 0.25) is 5.91 Å². The number of anilines is 1. The fourth-order valence-corrected chi connectivity index (χ4v) is 1.06. The molecule has 1 rings (SSSR count). The van der Waals surface area contributed by atoms with Crippen LogP contribution in [0.25, 0.3) is 0 Å². The number of hydrogen-bond acceptors (Lipinski definition) is 2. The maximum absolute atomic E-state index is 12.5. The number of alkyl halides is 3. The van der Waals surface area contributed by atoms with Crippen LogP contribution in [0.3, 0.4) is 0 Å². The molecule has 1 atom stereocenters. The number of nitrogens with one attached hydrogen (secondary N) is 1. The molecule has 0 saturated heterocycles. The molecule has 1 amide bonds. The monoisotopic (exact) mass is 250 g/mol. The molecule has 0 spiro atoms. The van der Waals surface area contributed by atoms with Crippen molar-refractivity contribution in [1.82, 2.24) is 0 Å². The maximum Gasteiger partial charge on any atom is 0.404 e. The lowest BCUT2D eigenvalue weighted by atomic mass is 10.2. The summed E-state index contributed by atoms with van der Waals surface area (Å²) in [4.78, 5) is 11.2. The van der Waals surface area contributed by atoms with E-state index < -0.39 is 30.4 Å². The van der Waals surface area contributed by atoms with Crippen LogP contribution in [0.15, 0.2) is 24.3 Å². The van der Waals surface area contributed by atoms with E-state index in [0.717, 1.165) is 12.1 Å². The van der Waals surface area contributed by atoms with Crippen LogP contribution in [-0.4, -0.2) is 18.1 Å². The van der Waals surface area contributed by atoms with Gasteiger partial charge in [0, 0.05) is 5.69 Å². The Morgan fingerprint density at radius 1 is 1.29 bits per heavy atom. The predicted octanol–water partition coefficient (Wildman–Crippen LogP) is 2.04. The van der Waals surface area contributed by atoms with Crippen molar-refractivity contribution in [3.05, 3.63) is 30.1 Å². The van der Waals surface area contributed by atoms with Crippen LogP contribution < -0.4 is 11.1 Å². The van der Waals surface area contributed by atoms with Crippen LogP contribution in [0, 0.1) is 5.82 Å². The molecule has 0 aliphatic rings. The number of nitrogens with two attached hydrogens (primary N) is 1. The Labute approximate surface area is 94.6 Å². The molecule has 17 heavy (non-hydrogen) atoms. The Morgan fingerprint density at radius 3 is 2.29 bits per heavy atom. The number of carbonyl (C=O) groups is 1. The molecular formula is C10H10F4N2O. The van der Waals surface area contributed by atoms with Crippen LogP contribution in [0.2, 0.25) is 0 Å². The maximum atomic E-state index is 12.5. The summed E-state index contributed by atoms with van der Waals surface area (Å²) in [7, 11) is 0. The second kappa shape index (κ2) is 5.13. The SMILES string of the molecule is NC(CC(=O)Nc1ccc(F)cc1)C(F)(F)F. The number of rotatable bonds is 3. The molecule has 3 N–H and O–H groups in total. The van der Waals surface area contributed by atoms with Gasteiger partial charge in [-0.05, 0) is 24.3 Å². The highest BCUT2D eigenvalue weighted by atomic mass is 19.4. The molecular weight excluding hydrogens is 240 g/mol. The number of amides is 1. The Bertz CT molecular complexity index is 388. The van der Waals surface area contributed by atoms with Crippen molar-refractivity contribution in [3.8, 4) is 0 Å². The van der Waals surface area contributed by atoms with Crippen molar-refractivity contribution >= 4 is 11.6 Å². The fraction of sp³-hybridized carbons (Fsp3) is 0.300. The zero-order valence-corrected chi connectivity index (χ0v) is 8.59. The van der Waals surface area contributed by atoms with Crippen molar-refractivity contribution in [2.45, 2.75) is 18.6 Å². The topological polar surface area (TPSA) is 55.1 Å². The summed E-state index contributed by atoms with van der Waals surface area (Å²) in [6.45, 7) is 0. The second-order valence-electron chi connectivity index (χ2n) is 3.41. The van der Waals surface area contributed by atoms with Gasteiger partial charge in [0.1, 0.15) is 11.9 Å². The standard InChI is InChI=1S/C10H10F4N2O/c11-6-1-3-7(4-2-6)16-9(17)5-8(15)10(12,13)14/h1-4,8H,5,15H2,(H,16,17). The molecule has 0 aliphatic carbocycles. The summed E-state index contributed by atoms with van der Waals surface area (Å²) in [5.74, 6) is -1.38. The van der Waals surface area contributed by atoms with Gasteiger partial charge >= 0.3 is 6.18 Å². The van der Waals surface area contributed by atoms with Crippen molar-refractivity contribution in [2.24, 2.45) is 5.73 Å². The van der Waals surface area contributed by atoms with Crippen LogP contribution in [-0.2, 0) is 4.79 Å². The minimum absolute atomic E-state index is 0.214. The third-order valence-electron chi connectivity index (χ3n) is 1.95. The first-order chi connectivity index (χ1) is 7.79. The molecule has 7 heteroatoms.